The minimum atomic E-state index is -3.03. The van der Waals surface area contributed by atoms with E-state index in [0.29, 0.717) is 12.5 Å². The van der Waals surface area contributed by atoms with Gasteiger partial charge in [-0.15, -0.1) is 0 Å². The Bertz CT molecular complexity index is 868. The molecule has 1 saturated carbocycles. The molecule has 1 aliphatic carbocycles. The van der Waals surface area contributed by atoms with Crippen LogP contribution in [0.25, 0.3) is 10.8 Å². The van der Waals surface area contributed by atoms with Gasteiger partial charge >= 0.3 is 0 Å². The van der Waals surface area contributed by atoms with Gasteiger partial charge < -0.3 is 0 Å². The Morgan fingerprint density at radius 3 is 2.38 bits per heavy atom. The second kappa shape index (κ2) is 7.29. The summed E-state index contributed by atoms with van der Waals surface area (Å²) in [6.07, 6.45) is 3.85. The summed E-state index contributed by atoms with van der Waals surface area (Å²) < 4.78 is 26.2. The predicted octanol–water partition coefficient (Wildman–Crippen LogP) is 3.48. The number of piperidine rings is 1. The molecule has 0 aromatic heterocycles. The molecular formula is C21H28N2O2S. The lowest BCUT2D eigenvalue weighted by Crippen LogP contribution is -2.40. The summed E-state index contributed by atoms with van der Waals surface area (Å²) in [4.78, 5) is 2.50. The van der Waals surface area contributed by atoms with Crippen LogP contribution in [-0.4, -0.2) is 49.6 Å². The molecule has 2 aromatic carbocycles. The molecule has 1 heterocycles. The first-order chi connectivity index (χ1) is 12.5. The average molecular weight is 373 g/mol. The van der Waals surface area contributed by atoms with E-state index in [1.165, 1.54) is 16.3 Å². The molecule has 2 aromatic rings. The van der Waals surface area contributed by atoms with Gasteiger partial charge in [0, 0.05) is 20.1 Å². The molecular weight excluding hydrogens is 344 g/mol. The normalized spacial score (nSPS) is 20.1. The minimum Gasteiger partial charge on any atom is -0.299 e. The Hall–Kier alpha value is -1.43. The second-order valence-corrected chi connectivity index (χ2v) is 10.2. The number of sulfonamides is 1. The van der Waals surface area contributed by atoms with Crippen LogP contribution in [0, 0.1) is 5.92 Å². The summed E-state index contributed by atoms with van der Waals surface area (Å²) in [5, 5.41) is 2.49. The third-order valence-electron chi connectivity index (χ3n) is 5.82. The first-order valence-corrected chi connectivity index (χ1v) is 11.2. The Morgan fingerprint density at radius 1 is 1.00 bits per heavy atom. The first kappa shape index (κ1) is 18.0. The molecule has 2 aliphatic rings. The SMILES string of the molecule is CN(CC1CCN(Cc2ccc3ccccc3c2)CC1)S(=O)(=O)C1CC1. The molecule has 5 heteroatoms. The molecule has 0 amide bonds. The van der Waals surface area contributed by atoms with E-state index in [1.807, 2.05) is 0 Å². The zero-order valence-electron chi connectivity index (χ0n) is 15.5. The molecule has 4 rings (SSSR count). The van der Waals surface area contributed by atoms with Gasteiger partial charge in [0.05, 0.1) is 5.25 Å². The van der Waals surface area contributed by atoms with Gasteiger partial charge in [-0.05, 0) is 67.1 Å². The van der Waals surface area contributed by atoms with Crippen molar-refractivity contribution >= 4 is 20.8 Å². The van der Waals surface area contributed by atoms with Crippen molar-refractivity contribution in [2.45, 2.75) is 37.5 Å². The molecule has 2 fully saturated rings. The lowest BCUT2D eigenvalue weighted by Gasteiger charge is -2.33. The Kier molecular flexibility index (Phi) is 5.04. The van der Waals surface area contributed by atoms with Crippen LogP contribution in [0.15, 0.2) is 42.5 Å². The predicted molar refractivity (Wildman–Crippen MR) is 107 cm³/mol. The molecule has 0 spiro atoms. The molecule has 4 nitrogen and oxygen atoms in total. The van der Waals surface area contributed by atoms with Crippen LogP contribution in [0.1, 0.15) is 31.2 Å². The van der Waals surface area contributed by atoms with E-state index < -0.39 is 10.0 Å². The quantitative estimate of drug-likeness (QED) is 0.779. The molecule has 1 saturated heterocycles. The summed E-state index contributed by atoms with van der Waals surface area (Å²) in [6, 6.07) is 15.2. The fourth-order valence-electron chi connectivity index (χ4n) is 4.01. The van der Waals surface area contributed by atoms with Crippen LogP contribution in [0.3, 0.4) is 0 Å². The van der Waals surface area contributed by atoms with Crippen LogP contribution >= 0.6 is 0 Å². The summed E-state index contributed by atoms with van der Waals surface area (Å²) in [5.74, 6) is 0.487. The lowest BCUT2D eigenvalue weighted by atomic mass is 9.96. The number of hydrogen-bond acceptors (Lipinski definition) is 3. The van der Waals surface area contributed by atoms with Crippen LogP contribution in [0.4, 0.5) is 0 Å². The number of hydrogen-bond donors (Lipinski definition) is 0. The standard InChI is InChI=1S/C21H28N2O2S/c1-22(26(24,25)21-8-9-21)15-17-10-12-23(13-11-17)16-18-6-7-19-4-2-3-5-20(19)14-18/h2-7,14,17,21H,8-13,15-16H2,1H3. The second-order valence-electron chi connectivity index (χ2n) is 7.93. The van der Waals surface area contributed by atoms with Crippen LogP contribution < -0.4 is 0 Å². The number of likely N-dealkylation sites (tertiary alicyclic amines) is 1. The highest BCUT2D eigenvalue weighted by Gasteiger charge is 2.39. The molecule has 0 bridgehead atoms. The third-order valence-corrected chi connectivity index (χ3v) is 8.15. The van der Waals surface area contributed by atoms with E-state index in [1.54, 1.807) is 11.4 Å². The zero-order chi connectivity index (χ0) is 18.1. The van der Waals surface area contributed by atoms with Gasteiger partial charge in [-0.3, -0.25) is 4.90 Å². The molecule has 0 unspecified atom stereocenters. The van der Waals surface area contributed by atoms with E-state index in [4.69, 9.17) is 0 Å². The van der Waals surface area contributed by atoms with Gasteiger partial charge in [-0.1, -0.05) is 36.4 Å². The van der Waals surface area contributed by atoms with Gasteiger partial charge in [0.1, 0.15) is 0 Å². The first-order valence-electron chi connectivity index (χ1n) is 9.67. The monoisotopic (exact) mass is 372 g/mol. The van der Waals surface area contributed by atoms with Crippen molar-refractivity contribution in [3.05, 3.63) is 48.0 Å². The number of benzene rings is 2. The Morgan fingerprint density at radius 2 is 1.69 bits per heavy atom. The van der Waals surface area contributed by atoms with E-state index >= 15 is 0 Å². The van der Waals surface area contributed by atoms with Gasteiger partial charge in [-0.2, -0.15) is 0 Å². The molecule has 0 radical (unpaired) electrons. The maximum absolute atomic E-state index is 12.3. The van der Waals surface area contributed by atoms with Crippen molar-refractivity contribution in [3.8, 4) is 0 Å². The summed E-state index contributed by atoms with van der Waals surface area (Å²) in [6.45, 7) is 3.76. The van der Waals surface area contributed by atoms with E-state index in [9.17, 15) is 8.42 Å². The van der Waals surface area contributed by atoms with E-state index in [-0.39, 0.29) is 5.25 Å². The van der Waals surface area contributed by atoms with Crippen molar-refractivity contribution in [1.82, 2.24) is 9.21 Å². The Balaban J connectivity index is 1.30. The van der Waals surface area contributed by atoms with Crippen molar-refractivity contribution in [1.29, 1.82) is 0 Å². The largest absolute Gasteiger partial charge is 0.299 e. The fraction of sp³-hybridized carbons (Fsp3) is 0.524. The number of fused-ring (bicyclic) bond motifs is 1. The zero-order valence-corrected chi connectivity index (χ0v) is 16.3. The summed E-state index contributed by atoms with van der Waals surface area (Å²) in [5.41, 5.74) is 1.36. The van der Waals surface area contributed by atoms with Crippen LogP contribution in [0.5, 0.6) is 0 Å². The summed E-state index contributed by atoms with van der Waals surface area (Å²) in [7, 11) is -1.27. The molecule has 0 N–H and O–H groups in total. The highest BCUT2D eigenvalue weighted by Crippen LogP contribution is 2.31. The van der Waals surface area contributed by atoms with Gasteiger partial charge in [0.15, 0.2) is 0 Å². The topological polar surface area (TPSA) is 40.6 Å². The molecule has 0 atom stereocenters. The number of rotatable bonds is 6. The van der Waals surface area contributed by atoms with E-state index in [0.717, 1.165) is 45.3 Å². The van der Waals surface area contributed by atoms with Crippen molar-refractivity contribution in [2.75, 3.05) is 26.7 Å². The fourth-order valence-corrected chi connectivity index (χ4v) is 5.67. The van der Waals surface area contributed by atoms with Crippen LogP contribution in [0.2, 0.25) is 0 Å². The highest BCUT2D eigenvalue weighted by atomic mass is 32.2. The highest BCUT2D eigenvalue weighted by molar-refractivity contribution is 7.90. The smallest absolute Gasteiger partial charge is 0.216 e. The minimum absolute atomic E-state index is 0.0968. The third kappa shape index (κ3) is 3.95. The van der Waals surface area contributed by atoms with E-state index in [2.05, 4.69) is 47.4 Å². The van der Waals surface area contributed by atoms with Crippen molar-refractivity contribution < 1.29 is 8.42 Å². The van der Waals surface area contributed by atoms with Gasteiger partial charge in [0.25, 0.3) is 0 Å². The van der Waals surface area contributed by atoms with Crippen molar-refractivity contribution in [3.63, 3.8) is 0 Å². The van der Waals surface area contributed by atoms with Gasteiger partial charge in [-0.25, -0.2) is 12.7 Å². The molecule has 1 aliphatic heterocycles. The molecule has 26 heavy (non-hydrogen) atoms. The maximum Gasteiger partial charge on any atom is 0.216 e. The van der Waals surface area contributed by atoms with Gasteiger partial charge in [0.2, 0.25) is 10.0 Å². The van der Waals surface area contributed by atoms with Crippen molar-refractivity contribution in [2.24, 2.45) is 5.92 Å². The lowest BCUT2D eigenvalue weighted by molar-refractivity contribution is 0.166. The average Bonchev–Trinajstić information content (AvgIpc) is 3.49. The Labute approximate surface area is 156 Å². The summed E-state index contributed by atoms with van der Waals surface area (Å²) >= 11 is 0. The van der Waals surface area contributed by atoms with Crippen LogP contribution in [-0.2, 0) is 16.6 Å². The maximum atomic E-state index is 12.3. The number of nitrogens with zero attached hydrogens (tertiary/aromatic N) is 2. The molecule has 140 valence electrons.